The Hall–Kier alpha value is -4.37. The maximum atomic E-state index is 13.8. The molecule has 1 fully saturated rings. The molecule has 0 unspecified atom stereocenters. The van der Waals surface area contributed by atoms with Crippen LogP contribution >= 0.6 is 0 Å². The molecule has 0 N–H and O–H groups in total. The lowest BCUT2D eigenvalue weighted by Gasteiger charge is -2.23. The summed E-state index contributed by atoms with van der Waals surface area (Å²) in [7, 11) is 0. The molecule has 0 aliphatic carbocycles. The van der Waals surface area contributed by atoms with E-state index in [1.165, 1.54) is 0 Å². The lowest BCUT2D eigenvalue weighted by molar-refractivity contribution is 0.0767. The number of benzene rings is 3. The van der Waals surface area contributed by atoms with Crippen LogP contribution in [0.15, 0.2) is 91.1 Å². The summed E-state index contributed by atoms with van der Waals surface area (Å²) in [6.07, 6.45) is 2.77. The van der Waals surface area contributed by atoms with Crippen molar-refractivity contribution in [1.82, 2.24) is 14.7 Å². The summed E-state index contributed by atoms with van der Waals surface area (Å²) in [5.41, 5.74) is 5.18. The van der Waals surface area contributed by atoms with Crippen LogP contribution in [-0.2, 0) is 6.54 Å². The fourth-order valence-corrected chi connectivity index (χ4v) is 4.53. The lowest BCUT2D eigenvalue weighted by Crippen LogP contribution is -2.35. The molecule has 1 aliphatic heterocycles. The van der Waals surface area contributed by atoms with E-state index in [-0.39, 0.29) is 5.91 Å². The Bertz CT molecular complexity index is 1320. The van der Waals surface area contributed by atoms with Gasteiger partial charge in [-0.1, -0.05) is 60.7 Å². The first-order valence-corrected chi connectivity index (χ1v) is 11.9. The van der Waals surface area contributed by atoms with Gasteiger partial charge < -0.3 is 9.80 Å². The van der Waals surface area contributed by atoms with Crippen LogP contribution in [0.5, 0.6) is 0 Å². The van der Waals surface area contributed by atoms with E-state index in [1.54, 1.807) is 0 Å². The van der Waals surface area contributed by atoms with Crippen molar-refractivity contribution in [2.45, 2.75) is 13.0 Å². The standard InChI is InChI=1S/C29H27N5O/c30-20-23-12-14-26(15-13-23)32-16-7-17-33(19-18-32)29(35)27-22-34(21-24-8-3-1-4-9-24)31-28(27)25-10-5-2-6-11-25/h1-6,8-15,22H,7,16-19,21H2. The zero-order valence-corrected chi connectivity index (χ0v) is 19.5. The number of nitriles is 1. The summed E-state index contributed by atoms with van der Waals surface area (Å²) in [4.78, 5) is 18.0. The maximum Gasteiger partial charge on any atom is 0.257 e. The number of carbonyl (C=O) groups is 1. The largest absolute Gasteiger partial charge is 0.370 e. The van der Waals surface area contributed by atoms with E-state index < -0.39 is 0 Å². The van der Waals surface area contributed by atoms with Crippen molar-refractivity contribution in [3.8, 4) is 17.3 Å². The van der Waals surface area contributed by atoms with Crippen molar-refractivity contribution in [2.24, 2.45) is 0 Å². The second-order valence-electron chi connectivity index (χ2n) is 8.73. The van der Waals surface area contributed by atoms with Gasteiger partial charge in [-0.15, -0.1) is 0 Å². The molecule has 6 heteroatoms. The highest BCUT2D eigenvalue weighted by molar-refractivity contribution is 5.99. The molecule has 174 valence electrons. The number of anilines is 1. The Labute approximate surface area is 205 Å². The van der Waals surface area contributed by atoms with Crippen LogP contribution in [0, 0.1) is 11.3 Å². The average molecular weight is 462 g/mol. The molecule has 0 bridgehead atoms. The predicted molar refractivity (Wildman–Crippen MR) is 137 cm³/mol. The second kappa shape index (κ2) is 10.3. The molecule has 6 nitrogen and oxygen atoms in total. The fourth-order valence-electron chi connectivity index (χ4n) is 4.53. The Kier molecular flexibility index (Phi) is 6.58. The van der Waals surface area contributed by atoms with Crippen molar-refractivity contribution in [1.29, 1.82) is 5.26 Å². The maximum absolute atomic E-state index is 13.8. The van der Waals surface area contributed by atoms with E-state index in [4.69, 9.17) is 10.4 Å². The topological polar surface area (TPSA) is 65.2 Å². The van der Waals surface area contributed by atoms with Gasteiger partial charge in [-0.25, -0.2) is 0 Å². The SMILES string of the molecule is N#Cc1ccc(N2CCCN(C(=O)c3cn(Cc4ccccc4)nc3-c3ccccc3)CC2)cc1. The summed E-state index contributed by atoms with van der Waals surface area (Å²) >= 11 is 0. The van der Waals surface area contributed by atoms with E-state index in [0.29, 0.717) is 30.8 Å². The van der Waals surface area contributed by atoms with Crippen molar-refractivity contribution in [3.05, 3.63) is 108 Å². The highest BCUT2D eigenvalue weighted by Crippen LogP contribution is 2.25. The highest BCUT2D eigenvalue weighted by atomic mass is 16.2. The molecular formula is C29H27N5O. The van der Waals surface area contributed by atoms with Crippen molar-refractivity contribution < 1.29 is 4.79 Å². The number of hydrogen-bond donors (Lipinski definition) is 0. The molecule has 1 amide bonds. The molecule has 2 heterocycles. The van der Waals surface area contributed by atoms with Gasteiger partial charge in [0.1, 0.15) is 5.69 Å². The zero-order valence-electron chi connectivity index (χ0n) is 19.5. The third-order valence-electron chi connectivity index (χ3n) is 6.37. The smallest absolute Gasteiger partial charge is 0.257 e. The van der Waals surface area contributed by atoms with Gasteiger partial charge in [0.15, 0.2) is 0 Å². The first-order valence-electron chi connectivity index (χ1n) is 11.9. The van der Waals surface area contributed by atoms with E-state index in [0.717, 1.165) is 42.0 Å². The van der Waals surface area contributed by atoms with Crippen LogP contribution in [0.3, 0.4) is 0 Å². The second-order valence-corrected chi connectivity index (χ2v) is 8.73. The van der Waals surface area contributed by atoms with Crippen LogP contribution < -0.4 is 4.90 Å². The Balaban J connectivity index is 1.38. The molecule has 1 aromatic heterocycles. The van der Waals surface area contributed by atoms with Crippen molar-refractivity contribution in [3.63, 3.8) is 0 Å². The number of aromatic nitrogens is 2. The third-order valence-corrected chi connectivity index (χ3v) is 6.37. The summed E-state index contributed by atoms with van der Waals surface area (Å²) in [5, 5.41) is 13.9. The van der Waals surface area contributed by atoms with E-state index in [2.05, 4.69) is 23.1 Å². The summed E-state index contributed by atoms with van der Waals surface area (Å²) in [5.74, 6) is 0.0184. The van der Waals surface area contributed by atoms with Gasteiger partial charge >= 0.3 is 0 Å². The number of nitrogens with zero attached hydrogens (tertiary/aromatic N) is 5. The minimum absolute atomic E-state index is 0.0184. The Morgan fingerprint density at radius 1 is 0.857 bits per heavy atom. The first-order chi connectivity index (χ1) is 17.2. The molecule has 0 atom stereocenters. The molecule has 0 radical (unpaired) electrons. The number of hydrogen-bond acceptors (Lipinski definition) is 4. The Morgan fingerprint density at radius 3 is 2.29 bits per heavy atom. The molecule has 0 saturated carbocycles. The van der Waals surface area contributed by atoms with Gasteiger partial charge in [-0.2, -0.15) is 10.4 Å². The minimum Gasteiger partial charge on any atom is -0.370 e. The van der Waals surface area contributed by atoms with Gasteiger partial charge in [0.05, 0.1) is 23.7 Å². The summed E-state index contributed by atoms with van der Waals surface area (Å²) < 4.78 is 1.87. The normalized spacial score (nSPS) is 13.8. The number of carbonyl (C=O) groups excluding carboxylic acids is 1. The predicted octanol–water partition coefficient (Wildman–Crippen LogP) is 4.82. The number of rotatable bonds is 5. The molecule has 0 spiro atoms. The molecule has 5 rings (SSSR count). The van der Waals surface area contributed by atoms with Gasteiger partial charge in [-0.05, 0) is 36.2 Å². The van der Waals surface area contributed by atoms with Gasteiger partial charge in [-0.3, -0.25) is 9.48 Å². The first kappa shape index (κ1) is 22.4. The van der Waals surface area contributed by atoms with E-state index in [9.17, 15) is 4.79 Å². The van der Waals surface area contributed by atoms with Gasteiger partial charge in [0.2, 0.25) is 0 Å². The quantitative estimate of drug-likeness (QED) is 0.427. The molecule has 1 aliphatic rings. The van der Waals surface area contributed by atoms with Crippen LogP contribution in [0.25, 0.3) is 11.3 Å². The van der Waals surface area contributed by atoms with Crippen LogP contribution in [-0.4, -0.2) is 46.8 Å². The molecule has 35 heavy (non-hydrogen) atoms. The third kappa shape index (κ3) is 5.10. The average Bonchev–Trinajstić information content (AvgIpc) is 3.17. The van der Waals surface area contributed by atoms with Crippen LogP contribution in [0.1, 0.15) is 27.9 Å². The van der Waals surface area contributed by atoms with E-state index >= 15 is 0 Å². The van der Waals surface area contributed by atoms with Crippen LogP contribution in [0.4, 0.5) is 5.69 Å². The monoisotopic (exact) mass is 461 g/mol. The lowest BCUT2D eigenvalue weighted by atomic mass is 10.1. The summed E-state index contributed by atoms with van der Waals surface area (Å²) in [6.45, 7) is 3.56. The van der Waals surface area contributed by atoms with Crippen molar-refractivity contribution >= 4 is 11.6 Å². The molecule has 3 aromatic carbocycles. The molecular weight excluding hydrogens is 434 g/mol. The summed E-state index contributed by atoms with van der Waals surface area (Å²) in [6, 6.07) is 29.9. The minimum atomic E-state index is 0.0184. The van der Waals surface area contributed by atoms with Crippen LogP contribution in [0.2, 0.25) is 0 Å². The molecule has 1 saturated heterocycles. The van der Waals surface area contributed by atoms with Crippen molar-refractivity contribution in [2.75, 3.05) is 31.1 Å². The highest BCUT2D eigenvalue weighted by Gasteiger charge is 2.25. The molecule has 4 aromatic rings. The van der Waals surface area contributed by atoms with E-state index in [1.807, 2.05) is 88.6 Å². The Morgan fingerprint density at radius 2 is 1.57 bits per heavy atom. The zero-order chi connectivity index (χ0) is 24.0. The number of amides is 1. The van der Waals surface area contributed by atoms with Gasteiger partial charge in [0, 0.05) is 43.6 Å². The fraction of sp³-hybridized carbons (Fsp3) is 0.207. The van der Waals surface area contributed by atoms with Gasteiger partial charge in [0.25, 0.3) is 5.91 Å².